The van der Waals surface area contributed by atoms with Crippen molar-refractivity contribution in [2.24, 2.45) is 0 Å². The molecule has 1 N–H and O–H groups in total. The van der Waals surface area contributed by atoms with Gasteiger partial charge >= 0.3 is 0 Å². The van der Waals surface area contributed by atoms with Gasteiger partial charge in [0.05, 0.1) is 20.8 Å². The summed E-state index contributed by atoms with van der Waals surface area (Å²) in [6.45, 7) is 5.03. The van der Waals surface area contributed by atoms with E-state index < -0.39 is 0 Å². The number of piperazine rings is 1. The Morgan fingerprint density at radius 3 is 2.48 bits per heavy atom. The lowest BCUT2D eigenvalue weighted by atomic mass is 10.2. The zero-order valence-corrected chi connectivity index (χ0v) is 17.8. The number of H-pyrrole nitrogens is 1. The molecule has 2 aromatic carbocycles. The molecular formula is C20H20Cl3N3S. The van der Waals surface area contributed by atoms with Crippen molar-refractivity contribution in [1.82, 2.24) is 9.88 Å². The Balaban J connectivity index is 1.30. The highest BCUT2D eigenvalue weighted by Gasteiger charge is 2.19. The van der Waals surface area contributed by atoms with Crippen LogP contribution in [0.25, 0.3) is 10.9 Å². The minimum atomic E-state index is 0.616. The van der Waals surface area contributed by atoms with Gasteiger partial charge in [0, 0.05) is 60.5 Å². The van der Waals surface area contributed by atoms with E-state index in [-0.39, 0.29) is 0 Å². The number of aromatic nitrogens is 1. The Hall–Kier alpha value is -1.04. The summed E-state index contributed by atoms with van der Waals surface area (Å²) in [5, 5.41) is 3.21. The molecule has 0 atom stereocenters. The second-order valence-electron chi connectivity index (χ2n) is 6.57. The third kappa shape index (κ3) is 4.20. The summed E-state index contributed by atoms with van der Waals surface area (Å²) in [7, 11) is 0. The van der Waals surface area contributed by atoms with Gasteiger partial charge in [0.1, 0.15) is 0 Å². The fraction of sp³-hybridized carbons (Fsp3) is 0.300. The van der Waals surface area contributed by atoms with E-state index in [0.717, 1.165) is 60.1 Å². The van der Waals surface area contributed by atoms with Crippen molar-refractivity contribution in [2.45, 2.75) is 4.90 Å². The molecule has 0 saturated carbocycles. The molecule has 1 aliphatic rings. The van der Waals surface area contributed by atoms with Crippen molar-refractivity contribution in [3.63, 3.8) is 0 Å². The molecule has 1 aromatic heterocycles. The van der Waals surface area contributed by atoms with Crippen LogP contribution in [0.15, 0.2) is 47.5 Å². The van der Waals surface area contributed by atoms with Crippen molar-refractivity contribution >= 4 is 63.2 Å². The monoisotopic (exact) mass is 439 g/mol. The van der Waals surface area contributed by atoms with E-state index in [2.05, 4.69) is 27.0 Å². The Morgan fingerprint density at radius 2 is 1.67 bits per heavy atom. The summed E-state index contributed by atoms with van der Waals surface area (Å²) >= 11 is 20.7. The number of fused-ring (bicyclic) bond motifs is 1. The van der Waals surface area contributed by atoms with Crippen LogP contribution in [0.5, 0.6) is 0 Å². The Morgan fingerprint density at radius 1 is 0.926 bits per heavy atom. The molecule has 2 heterocycles. The van der Waals surface area contributed by atoms with Gasteiger partial charge in [-0.25, -0.2) is 0 Å². The molecular weight excluding hydrogens is 421 g/mol. The third-order valence-corrected chi connectivity index (χ3v) is 7.07. The standard InChI is InChI=1S/C20H20Cl3N3S/c21-14-3-1-5-16-19(14)18(13-24-16)27-12-11-25-7-9-26(10-8-25)17-6-2-4-15(22)20(17)23/h1-6,13,24H,7-12H2. The van der Waals surface area contributed by atoms with Crippen LogP contribution in [-0.2, 0) is 0 Å². The minimum Gasteiger partial charge on any atom is -0.368 e. The molecule has 3 aromatic rings. The van der Waals surface area contributed by atoms with Gasteiger partial charge in [-0.2, -0.15) is 0 Å². The number of aromatic amines is 1. The van der Waals surface area contributed by atoms with Gasteiger partial charge in [-0.15, -0.1) is 11.8 Å². The van der Waals surface area contributed by atoms with Crippen molar-refractivity contribution in [3.8, 4) is 0 Å². The zero-order valence-electron chi connectivity index (χ0n) is 14.7. The number of nitrogens with one attached hydrogen (secondary N) is 1. The first-order valence-electron chi connectivity index (χ1n) is 8.93. The lowest BCUT2D eigenvalue weighted by molar-refractivity contribution is 0.273. The van der Waals surface area contributed by atoms with Gasteiger partial charge in [-0.05, 0) is 24.3 Å². The number of thioether (sulfide) groups is 1. The molecule has 27 heavy (non-hydrogen) atoms. The van der Waals surface area contributed by atoms with Gasteiger partial charge in [0.25, 0.3) is 0 Å². The van der Waals surface area contributed by atoms with Crippen LogP contribution in [0.2, 0.25) is 15.1 Å². The lowest BCUT2D eigenvalue weighted by Gasteiger charge is -2.36. The van der Waals surface area contributed by atoms with Crippen LogP contribution < -0.4 is 4.90 Å². The first kappa shape index (κ1) is 19.3. The SMILES string of the molecule is Clc1cccc(N2CCN(CCSc3c[nH]c4cccc(Cl)c34)CC2)c1Cl. The molecule has 7 heteroatoms. The maximum atomic E-state index is 6.36. The quantitative estimate of drug-likeness (QED) is 0.489. The average Bonchev–Trinajstić information content (AvgIpc) is 3.09. The predicted octanol–water partition coefficient (Wildman–Crippen LogP) is 6.04. The lowest BCUT2D eigenvalue weighted by Crippen LogP contribution is -2.47. The van der Waals surface area contributed by atoms with Crippen LogP contribution >= 0.6 is 46.6 Å². The summed E-state index contributed by atoms with van der Waals surface area (Å²) in [5.74, 6) is 1.04. The first-order valence-corrected chi connectivity index (χ1v) is 11.0. The summed E-state index contributed by atoms with van der Waals surface area (Å²) in [4.78, 5) is 9.34. The fourth-order valence-electron chi connectivity index (χ4n) is 3.46. The van der Waals surface area contributed by atoms with Gasteiger partial charge in [-0.1, -0.05) is 46.9 Å². The molecule has 0 radical (unpaired) electrons. The van der Waals surface area contributed by atoms with Gasteiger partial charge in [-0.3, -0.25) is 4.90 Å². The van der Waals surface area contributed by atoms with E-state index in [1.54, 1.807) is 0 Å². The number of nitrogens with zero attached hydrogens (tertiary/aromatic N) is 2. The highest BCUT2D eigenvalue weighted by atomic mass is 35.5. The van der Waals surface area contributed by atoms with E-state index in [4.69, 9.17) is 34.8 Å². The second kappa shape index (κ2) is 8.54. The maximum Gasteiger partial charge on any atom is 0.0825 e. The van der Waals surface area contributed by atoms with Crippen LogP contribution in [0.4, 0.5) is 5.69 Å². The number of hydrogen-bond acceptors (Lipinski definition) is 3. The van der Waals surface area contributed by atoms with E-state index >= 15 is 0 Å². The molecule has 1 fully saturated rings. The number of rotatable bonds is 5. The molecule has 0 spiro atoms. The molecule has 0 aliphatic carbocycles. The Kier molecular flexibility index (Phi) is 6.10. The molecule has 1 saturated heterocycles. The van der Waals surface area contributed by atoms with Crippen molar-refractivity contribution in [2.75, 3.05) is 43.4 Å². The Bertz CT molecular complexity index is 935. The number of halogens is 3. The molecule has 1 aliphatic heterocycles. The molecule has 4 rings (SSSR count). The molecule has 3 nitrogen and oxygen atoms in total. The third-order valence-electron chi connectivity index (χ3n) is 4.93. The van der Waals surface area contributed by atoms with Crippen LogP contribution in [0.3, 0.4) is 0 Å². The highest BCUT2D eigenvalue weighted by Crippen LogP contribution is 2.34. The van der Waals surface area contributed by atoms with E-state index in [1.165, 1.54) is 4.90 Å². The van der Waals surface area contributed by atoms with Crippen LogP contribution in [0, 0.1) is 0 Å². The van der Waals surface area contributed by atoms with Crippen LogP contribution in [0.1, 0.15) is 0 Å². The topological polar surface area (TPSA) is 22.3 Å². The highest BCUT2D eigenvalue weighted by molar-refractivity contribution is 7.99. The average molecular weight is 441 g/mol. The molecule has 0 amide bonds. The fourth-order valence-corrected chi connectivity index (χ4v) is 5.28. The second-order valence-corrected chi connectivity index (χ2v) is 8.89. The first-order chi connectivity index (χ1) is 13.1. The minimum absolute atomic E-state index is 0.616. The number of benzene rings is 2. The van der Waals surface area contributed by atoms with Gasteiger partial charge in [0.2, 0.25) is 0 Å². The summed E-state index contributed by atoms with van der Waals surface area (Å²) in [6, 6.07) is 11.8. The van der Waals surface area contributed by atoms with Crippen LogP contribution in [-0.4, -0.2) is 48.4 Å². The zero-order chi connectivity index (χ0) is 18.8. The van der Waals surface area contributed by atoms with E-state index in [9.17, 15) is 0 Å². The molecule has 0 bridgehead atoms. The Labute approximate surface area is 178 Å². The summed E-state index contributed by atoms with van der Waals surface area (Å²) in [5.41, 5.74) is 2.13. The molecule has 142 valence electrons. The smallest absolute Gasteiger partial charge is 0.0825 e. The summed E-state index contributed by atoms with van der Waals surface area (Å²) in [6.07, 6.45) is 2.06. The van der Waals surface area contributed by atoms with E-state index in [0.29, 0.717) is 10.0 Å². The number of anilines is 1. The van der Waals surface area contributed by atoms with Gasteiger partial charge in [0.15, 0.2) is 0 Å². The number of hydrogen-bond donors (Lipinski definition) is 1. The predicted molar refractivity (Wildman–Crippen MR) is 119 cm³/mol. The summed E-state index contributed by atoms with van der Waals surface area (Å²) < 4.78 is 0. The van der Waals surface area contributed by atoms with Gasteiger partial charge < -0.3 is 9.88 Å². The van der Waals surface area contributed by atoms with Crippen molar-refractivity contribution in [3.05, 3.63) is 57.7 Å². The largest absolute Gasteiger partial charge is 0.368 e. The van der Waals surface area contributed by atoms with Crippen molar-refractivity contribution in [1.29, 1.82) is 0 Å². The normalized spacial score (nSPS) is 15.6. The molecule has 0 unspecified atom stereocenters. The van der Waals surface area contributed by atoms with Crippen molar-refractivity contribution < 1.29 is 0 Å². The van der Waals surface area contributed by atoms with E-state index in [1.807, 2.05) is 42.1 Å². The maximum absolute atomic E-state index is 6.36.